The minimum absolute atomic E-state index is 0.0314. The fraction of sp³-hybridized carbons (Fsp3) is 0.929. The molecule has 2 unspecified atom stereocenters. The number of hydrogen-bond donors (Lipinski definition) is 1. The third-order valence-corrected chi connectivity index (χ3v) is 6.44. The Labute approximate surface area is 199 Å². The number of rotatable bonds is 22. The monoisotopic (exact) mass is 454 g/mol. The fourth-order valence-corrected chi connectivity index (χ4v) is 4.24. The van der Waals surface area contributed by atoms with Crippen molar-refractivity contribution >= 4 is 11.9 Å². The van der Waals surface area contributed by atoms with Crippen molar-refractivity contribution in [2.45, 2.75) is 150 Å². The van der Waals surface area contributed by atoms with Gasteiger partial charge in [-0.05, 0) is 56.8 Å². The van der Waals surface area contributed by atoms with E-state index in [-0.39, 0.29) is 18.0 Å². The lowest BCUT2D eigenvalue weighted by Gasteiger charge is -2.18. The Kier molecular flexibility index (Phi) is 19.9. The second kappa shape index (κ2) is 20.5. The minimum Gasteiger partial charge on any atom is -0.481 e. The second-order valence-electron chi connectivity index (χ2n) is 10.6. The van der Waals surface area contributed by atoms with Gasteiger partial charge in [0.05, 0.1) is 5.92 Å². The van der Waals surface area contributed by atoms with Crippen LogP contribution in [0.15, 0.2) is 0 Å². The molecule has 4 heteroatoms. The number of esters is 1. The number of unbranched alkanes of at least 4 members (excludes halogenated alkanes) is 7. The summed E-state index contributed by atoms with van der Waals surface area (Å²) in [6, 6.07) is 0. The van der Waals surface area contributed by atoms with E-state index < -0.39 is 5.97 Å². The Balaban J connectivity index is 4.23. The molecule has 1 N–H and O–H groups in total. The fourth-order valence-electron chi connectivity index (χ4n) is 4.24. The molecule has 0 aromatic heterocycles. The summed E-state index contributed by atoms with van der Waals surface area (Å²) in [6.45, 7) is 11.0. The first-order valence-electron chi connectivity index (χ1n) is 13.7. The third kappa shape index (κ3) is 19.6. The van der Waals surface area contributed by atoms with Crippen LogP contribution < -0.4 is 0 Å². The van der Waals surface area contributed by atoms with Crippen LogP contribution >= 0.6 is 0 Å². The predicted molar refractivity (Wildman–Crippen MR) is 135 cm³/mol. The summed E-state index contributed by atoms with van der Waals surface area (Å²) >= 11 is 0. The van der Waals surface area contributed by atoms with Crippen LogP contribution in [0.5, 0.6) is 0 Å². The molecule has 0 aliphatic rings. The van der Waals surface area contributed by atoms with Crippen LogP contribution in [0.4, 0.5) is 0 Å². The number of carbonyl (C=O) groups excluding carboxylic acids is 1. The van der Waals surface area contributed by atoms with Crippen LogP contribution in [0, 0.1) is 17.8 Å². The predicted octanol–water partition coefficient (Wildman–Crippen LogP) is 8.56. The number of aliphatic carboxylic acids is 1. The van der Waals surface area contributed by atoms with Gasteiger partial charge in [-0.3, -0.25) is 9.59 Å². The first kappa shape index (κ1) is 30.9. The highest BCUT2D eigenvalue weighted by atomic mass is 16.5. The van der Waals surface area contributed by atoms with E-state index in [1.807, 2.05) is 6.92 Å². The largest absolute Gasteiger partial charge is 0.481 e. The lowest BCUT2D eigenvalue weighted by atomic mass is 9.99. The van der Waals surface area contributed by atoms with Crippen molar-refractivity contribution in [3.63, 3.8) is 0 Å². The molecule has 0 bridgehead atoms. The molecule has 0 fully saturated rings. The summed E-state index contributed by atoms with van der Waals surface area (Å²) in [5.41, 5.74) is 0. The number of ether oxygens (including phenoxy) is 1. The van der Waals surface area contributed by atoms with Crippen molar-refractivity contribution in [3.05, 3.63) is 0 Å². The molecule has 0 rings (SSSR count). The molecule has 0 aromatic carbocycles. The van der Waals surface area contributed by atoms with Crippen LogP contribution in [0.3, 0.4) is 0 Å². The number of hydrogen-bond acceptors (Lipinski definition) is 3. The third-order valence-electron chi connectivity index (χ3n) is 6.44. The molecule has 0 saturated heterocycles. The molecule has 0 aromatic rings. The second-order valence-corrected chi connectivity index (χ2v) is 10.6. The average Bonchev–Trinajstić information content (AvgIpc) is 2.71. The van der Waals surface area contributed by atoms with Gasteiger partial charge >= 0.3 is 11.9 Å². The smallest absolute Gasteiger partial charge is 0.306 e. The van der Waals surface area contributed by atoms with Gasteiger partial charge < -0.3 is 9.84 Å². The SMILES string of the molecule is CCC(CCCC(=O)OC(CCCCCCCCC(C)C)CCCCCC(C)C)C(=O)O. The van der Waals surface area contributed by atoms with Gasteiger partial charge in [0, 0.05) is 6.42 Å². The molecule has 0 spiro atoms. The summed E-state index contributed by atoms with van der Waals surface area (Å²) in [5.74, 6) is 0.306. The van der Waals surface area contributed by atoms with Crippen LogP contribution in [-0.2, 0) is 14.3 Å². The van der Waals surface area contributed by atoms with Crippen molar-refractivity contribution in [2.24, 2.45) is 17.8 Å². The molecule has 2 atom stereocenters. The summed E-state index contributed by atoms with van der Waals surface area (Å²) in [7, 11) is 0. The Bertz CT molecular complexity index is 458. The molecule has 0 amide bonds. The van der Waals surface area contributed by atoms with Gasteiger partial charge in [0.15, 0.2) is 0 Å². The minimum atomic E-state index is -0.760. The first-order chi connectivity index (χ1) is 15.3. The molecule has 0 saturated carbocycles. The van der Waals surface area contributed by atoms with Crippen molar-refractivity contribution in [1.29, 1.82) is 0 Å². The normalized spacial score (nSPS) is 13.5. The highest BCUT2D eigenvalue weighted by Gasteiger charge is 2.17. The maximum Gasteiger partial charge on any atom is 0.306 e. The molecule has 0 aliphatic carbocycles. The highest BCUT2D eigenvalue weighted by molar-refractivity contribution is 5.71. The van der Waals surface area contributed by atoms with Crippen molar-refractivity contribution < 1.29 is 19.4 Å². The Morgan fingerprint density at radius 1 is 0.656 bits per heavy atom. The Morgan fingerprint density at radius 3 is 1.53 bits per heavy atom. The van der Waals surface area contributed by atoms with Gasteiger partial charge in [-0.2, -0.15) is 0 Å². The summed E-state index contributed by atoms with van der Waals surface area (Å²) in [4.78, 5) is 23.5. The molecular weight excluding hydrogens is 400 g/mol. The summed E-state index contributed by atoms with van der Waals surface area (Å²) < 4.78 is 5.84. The van der Waals surface area contributed by atoms with E-state index in [4.69, 9.17) is 9.84 Å². The van der Waals surface area contributed by atoms with Gasteiger partial charge in [0.25, 0.3) is 0 Å². The van der Waals surface area contributed by atoms with Gasteiger partial charge in [-0.15, -0.1) is 0 Å². The molecule has 0 aliphatic heterocycles. The van der Waals surface area contributed by atoms with Crippen molar-refractivity contribution in [1.82, 2.24) is 0 Å². The van der Waals surface area contributed by atoms with E-state index >= 15 is 0 Å². The van der Waals surface area contributed by atoms with Crippen LogP contribution in [0.25, 0.3) is 0 Å². The van der Waals surface area contributed by atoms with E-state index in [1.165, 1.54) is 57.8 Å². The van der Waals surface area contributed by atoms with E-state index in [9.17, 15) is 9.59 Å². The zero-order chi connectivity index (χ0) is 24.2. The topological polar surface area (TPSA) is 63.6 Å². The lowest BCUT2D eigenvalue weighted by molar-refractivity contribution is -0.150. The standard InChI is InChI=1S/C28H54O4/c1-6-25(28(30)31)19-16-22-27(29)32-26(21-15-11-13-18-24(4)5)20-14-10-8-7-9-12-17-23(2)3/h23-26H,6-22H2,1-5H3,(H,30,31). The molecule has 190 valence electrons. The van der Waals surface area contributed by atoms with Gasteiger partial charge in [0.2, 0.25) is 0 Å². The van der Waals surface area contributed by atoms with Gasteiger partial charge in [-0.25, -0.2) is 0 Å². The van der Waals surface area contributed by atoms with Gasteiger partial charge in [0.1, 0.15) is 6.10 Å². The first-order valence-corrected chi connectivity index (χ1v) is 13.7. The molecule has 32 heavy (non-hydrogen) atoms. The number of carbonyl (C=O) groups is 2. The zero-order valence-corrected chi connectivity index (χ0v) is 22.0. The highest BCUT2D eigenvalue weighted by Crippen LogP contribution is 2.19. The molecular formula is C28H54O4. The van der Waals surface area contributed by atoms with Crippen molar-refractivity contribution in [2.75, 3.05) is 0 Å². The zero-order valence-electron chi connectivity index (χ0n) is 22.0. The lowest BCUT2D eigenvalue weighted by Crippen LogP contribution is -2.19. The Hall–Kier alpha value is -1.06. The number of carboxylic acids is 1. The molecule has 0 heterocycles. The average molecular weight is 455 g/mol. The van der Waals surface area contributed by atoms with Gasteiger partial charge in [-0.1, -0.05) is 92.4 Å². The van der Waals surface area contributed by atoms with E-state index in [0.29, 0.717) is 25.7 Å². The Morgan fingerprint density at radius 2 is 1.09 bits per heavy atom. The molecule has 0 radical (unpaired) electrons. The van der Waals surface area contributed by atoms with Crippen LogP contribution in [0.2, 0.25) is 0 Å². The maximum atomic E-state index is 12.4. The van der Waals surface area contributed by atoms with E-state index in [0.717, 1.165) is 37.5 Å². The van der Waals surface area contributed by atoms with E-state index in [2.05, 4.69) is 27.7 Å². The molecule has 4 nitrogen and oxygen atoms in total. The quantitative estimate of drug-likeness (QED) is 0.131. The van der Waals surface area contributed by atoms with Crippen LogP contribution in [-0.4, -0.2) is 23.1 Å². The summed E-state index contributed by atoms with van der Waals surface area (Å²) in [5, 5.41) is 9.16. The van der Waals surface area contributed by atoms with E-state index in [1.54, 1.807) is 0 Å². The summed E-state index contributed by atoms with van der Waals surface area (Å²) in [6.07, 6.45) is 17.9. The van der Waals surface area contributed by atoms with Crippen LogP contribution in [0.1, 0.15) is 144 Å². The number of carboxylic acid groups (broad SMARTS) is 1. The maximum absolute atomic E-state index is 12.4. The van der Waals surface area contributed by atoms with Crippen molar-refractivity contribution in [3.8, 4) is 0 Å².